The average Bonchev–Trinajstić information content (AvgIpc) is 2.32. The lowest BCUT2D eigenvalue weighted by Gasteiger charge is -2.02. The Kier molecular flexibility index (Phi) is 3.15. The van der Waals surface area contributed by atoms with E-state index in [2.05, 4.69) is 41.2 Å². The molecule has 2 aromatic rings. The van der Waals surface area contributed by atoms with Crippen LogP contribution in [-0.4, -0.2) is 9.97 Å². The van der Waals surface area contributed by atoms with E-state index in [1.807, 2.05) is 0 Å². The van der Waals surface area contributed by atoms with Gasteiger partial charge in [-0.15, -0.1) is 0 Å². The molecule has 3 heteroatoms. The van der Waals surface area contributed by atoms with Crippen molar-refractivity contribution >= 4 is 5.69 Å². The Morgan fingerprint density at radius 1 is 1.06 bits per heavy atom. The number of hydrogen-bond acceptors (Lipinski definition) is 3. The number of rotatable bonds is 3. The van der Waals surface area contributed by atoms with Crippen molar-refractivity contribution in [3.05, 3.63) is 42.2 Å². The van der Waals surface area contributed by atoms with Crippen molar-refractivity contribution in [2.24, 2.45) is 0 Å². The predicted octanol–water partition coefficient (Wildman–Crippen LogP) is 2.68. The number of anilines is 1. The Labute approximate surface area is 95.4 Å². The highest BCUT2D eigenvalue weighted by molar-refractivity contribution is 5.56. The molecule has 0 fully saturated rings. The second-order valence-electron chi connectivity index (χ2n) is 3.79. The van der Waals surface area contributed by atoms with Crippen LogP contribution in [0.4, 0.5) is 5.69 Å². The van der Waals surface area contributed by atoms with E-state index >= 15 is 0 Å². The summed E-state index contributed by atoms with van der Waals surface area (Å²) in [6, 6.07) is 8.35. The van der Waals surface area contributed by atoms with Crippen molar-refractivity contribution in [2.75, 3.05) is 5.73 Å². The Balaban J connectivity index is 2.24. The molecule has 82 valence electrons. The van der Waals surface area contributed by atoms with E-state index in [9.17, 15) is 0 Å². The minimum absolute atomic E-state index is 0.589. The summed E-state index contributed by atoms with van der Waals surface area (Å²) in [5.41, 5.74) is 8.51. The first-order valence-corrected chi connectivity index (χ1v) is 5.46. The minimum atomic E-state index is 0.589. The standard InChI is InChI=1S/C13H15N3/c1-2-3-10-4-6-11(7-5-10)13-15-8-12(14)9-16-13/h4-9H,2-3,14H2,1H3. The molecule has 16 heavy (non-hydrogen) atoms. The maximum atomic E-state index is 5.54. The van der Waals surface area contributed by atoms with Gasteiger partial charge in [0.2, 0.25) is 0 Å². The summed E-state index contributed by atoms with van der Waals surface area (Å²) in [5, 5.41) is 0. The maximum absolute atomic E-state index is 5.54. The van der Waals surface area contributed by atoms with Gasteiger partial charge in [-0.25, -0.2) is 9.97 Å². The number of aryl methyl sites for hydroxylation is 1. The van der Waals surface area contributed by atoms with Crippen molar-refractivity contribution in [3.8, 4) is 11.4 Å². The normalized spacial score (nSPS) is 10.3. The summed E-state index contributed by atoms with van der Waals surface area (Å²) in [7, 11) is 0. The van der Waals surface area contributed by atoms with Crippen LogP contribution in [0, 0.1) is 0 Å². The number of nitrogen functional groups attached to an aromatic ring is 1. The van der Waals surface area contributed by atoms with Gasteiger partial charge in [-0.1, -0.05) is 37.6 Å². The molecule has 0 saturated heterocycles. The third-order valence-electron chi connectivity index (χ3n) is 2.42. The Bertz CT molecular complexity index is 446. The molecular weight excluding hydrogens is 198 g/mol. The zero-order chi connectivity index (χ0) is 11.4. The Hall–Kier alpha value is -1.90. The van der Waals surface area contributed by atoms with Gasteiger partial charge in [0.25, 0.3) is 0 Å². The molecule has 0 atom stereocenters. The van der Waals surface area contributed by atoms with Gasteiger partial charge in [0, 0.05) is 5.56 Å². The zero-order valence-electron chi connectivity index (χ0n) is 9.35. The fraction of sp³-hybridized carbons (Fsp3) is 0.231. The summed E-state index contributed by atoms with van der Waals surface area (Å²) in [4.78, 5) is 8.38. The summed E-state index contributed by atoms with van der Waals surface area (Å²) < 4.78 is 0. The first-order chi connectivity index (χ1) is 7.79. The summed E-state index contributed by atoms with van der Waals surface area (Å²) in [6.45, 7) is 2.18. The quantitative estimate of drug-likeness (QED) is 0.852. The molecular formula is C13H15N3. The van der Waals surface area contributed by atoms with Crippen LogP contribution in [0.25, 0.3) is 11.4 Å². The van der Waals surface area contributed by atoms with Crippen LogP contribution in [0.2, 0.25) is 0 Å². The smallest absolute Gasteiger partial charge is 0.159 e. The van der Waals surface area contributed by atoms with E-state index in [0.29, 0.717) is 5.69 Å². The van der Waals surface area contributed by atoms with Crippen LogP contribution in [-0.2, 0) is 6.42 Å². The number of nitrogens with zero attached hydrogens (tertiary/aromatic N) is 2. The summed E-state index contributed by atoms with van der Waals surface area (Å²) >= 11 is 0. The fourth-order valence-corrected chi connectivity index (χ4v) is 1.60. The van der Waals surface area contributed by atoms with E-state index in [1.165, 1.54) is 5.56 Å². The van der Waals surface area contributed by atoms with Gasteiger partial charge in [0.15, 0.2) is 5.82 Å². The molecule has 0 bridgehead atoms. The molecule has 0 aliphatic heterocycles. The van der Waals surface area contributed by atoms with Gasteiger partial charge in [0.05, 0.1) is 18.1 Å². The van der Waals surface area contributed by atoms with Gasteiger partial charge in [-0.05, 0) is 12.0 Å². The highest BCUT2D eigenvalue weighted by Gasteiger charge is 2.00. The highest BCUT2D eigenvalue weighted by Crippen LogP contribution is 2.16. The van der Waals surface area contributed by atoms with Crippen molar-refractivity contribution in [1.82, 2.24) is 9.97 Å². The minimum Gasteiger partial charge on any atom is -0.396 e. The third kappa shape index (κ3) is 2.37. The van der Waals surface area contributed by atoms with Gasteiger partial charge in [-0.2, -0.15) is 0 Å². The molecule has 0 unspecified atom stereocenters. The molecule has 0 spiro atoms. The number of nitrogens with two attached hydrogens (primary N) is 1. The molecule has 2 N–H and O–H groups in total. The van der Waals surface area contributed by atoms with Gasteiger partial charge in [0.1, 0.15) is 0 Å². The Morgan fingerprint density at radius 2 is 1.69 bits per heavy atom. The fourth-order valence-electron chi connectivity index (χ4n) is 1.60. The van der Waals surface area contributed by atoms with Crippen LogP contribution < -0.4 is 5.73 Å². The number of aromatic nitrogens is 2. The van der Waals surface area contributed by atoms with E-state index in [4.69, 9.17) is 5.73 Å². The predicted molar refractivity (Wildman–Crippen MR) is 65.9 cm³/mol. The lowest BCUT2D eigenvalue weighted by molar-refractivity contribution is 0.922. The van der Waals surface area contributed by atoms with E-state index < -0.39 is 0 Å². The van der Waals surface area contributed by atoms with Crippen LogP contribution in [0.15, 0.2) is 36.7 Å². The summed E-state index contributed by atoms with van der Waals surface area (Å²) in [6.07, 6.45) is 5.53. The molecule has 0 aliphatic carbocycles. The van der Waals surface area contributed by atoms with Gasteiger partial charge in [-0.3, -0.25) is 0 Å². The van der Waals surface area contributed by atoms with Crippen molar-refractivity contribution < 1.29 is 0 Å². The first kappa shape index (κ1) is 10.6. The lowest BCUT2D eigenvalue weighted by atomic mass is 10.1. The second-order valence-corrected chi connectivity index (χ2v) is 3.79. The van der Waals surface area contributed by atoms with Crippen molar-refractivity contribution in [3.63, 3.8) is 0 Å². The van der Waals surface area contributed by atoms with E-state index in [0.717, 1.165) is 24.2 Å². The molecule has 0 aliphatic rings. The topological polar surface area (TPSA) is 51.8 Å². The Morgan fingerprint density at radius 3 is 2.25 bits per heavy atom. The molecule has 2 rings (SSSR count). The maximum Gasteiger partial charge on any atom is 0.159 e. The van der Waals surface area contributed by atoms with Crippen LogP contribution in [0.5, 0.6) is 0 Å². The molecule has 0 saturated carbocycles. The van der Waals surface area contributed by atoms with Crippen LogP contribution in [0.1, 0.15) is 18.9 Å². The third-order valence-corrected chi connectivity index (χ3v) is 2.42. The van der Waals surface area contributed by atoms with Crippen LogP contribution >= 0.6 is 0 Å². The molecule has 0 amide bonds. The average molecular weight is 213 g/mol. The first-order valence-electron chi connectivity index (χ1n) is 5.46. The van der Waals surface area contributed by atoms with E-state index in [1.54, 1.807) is 12.4 Å². The lowest BCUT2D eigenvalue weighted by Crippen LogP contribution is -1.92. The molecule has 3 nitrogen and oxygen atoms in total. The SMILES string of the molecule is CCCc1ccc(-c2ncc(N)cn2)cc1. The van der Waals surface area contributed by atoms with Gasteiger partial charge < -0.3 is 5.73 Å². The number of hydrogen-bond donors (Lipinski definition) is 1. The monoisotopic (exact) mass is 213 g/mol. The van der Waals surface area contributed by atoms with Gasteiger partial charge >= 0.3 is 0 Å². The highest BCUT2D eigenvalue weighted by atomic mass is 14.9. The molecule has 1 heterocycles. The molecule has 1 aromatic carbocycles. The van der Waals surface area contributed by atoms with Crippen LogP contribution in [0.3, 0.4) is 0 Å². The van der Waals surface area contributed by atoms with E-state index in [-0.39, 0.29) is 0 Å². The van der Waals surface area contributed by atoms with Crippen molar-refractivity contribution in [1.29, 1.82) is 0 Å². The largest absolute Gasteiger partial charge is 0.396 e. The molecule has 1 aromatic heterocycles. The summed E-state index contributed by atoms with van der Waals surface area (Å²) in [5.74, 6) is 0.720. The number of benzene rings is 1. The second kappa shape index (κ2) is 4.75. The van der Waals surface area contributed by atoms with Crippen molar-refractivity contribution in [2.45, 2.75) is 19.8 Å². The molecule has 0 radical (unpaired) electrons. The zero-order valence-corrected chi connectivity index (χ0v) is 9.35.